The van der Waals surface area contributed by atoms with Crippen molar-refractivity contribution in [3.05, 3.63) is 52.2 Å². The van der Waals surface area contributed by atoms with Crippen LogP contribution in [0.1, 0.15) is 28.3 Å². The zero-order chi connectivity index (χ0) is 12.3. The zero-order valence-corrected chi connectivity index (χ0v) is 10.2. The average Bonchev–Trinajstić information content (AvgIpc) is 2.82. The summed E-state index contributed by atoms with van der Waals surface area (Å²) in [5, 5.41) is 14.1. The molecule has 0 unspecified atom stereocenters. The van der Waals surface area contributed by atoms with E-state index in [0.29, 0.717) is 10.6 Å². The highest BCUT2D eigenvalue weighted by Gasteiger charge is 2.07. The molecule has 88 valence electrons. The second kappa shape index (κ2) is 5.12. The van der Waals surface area contributed by atoms with E-state index in [1.807, 2.05) is 23.6 Å². The van der Waals surface area contributed by atoms with Gasteiger partial charge in [0, 0.05) is 5.69 Å². The van der Waals surface area contributed by atoms with Crippen LogP contribution in [0, 0.1) is 0 Å². The highest BCUT2D eigenvalue weighted by atomic mass is 32.1. The molecule has 0 aliphatic carbocycles. The van der Waals surface area contributed by atoms with Crippen molar-refractivity contribution in [2.24, 2.45) is 0 Å². The maximum Gasteiger partial charge on any atom is 0.265 e. The lowest BCUT2D eigenvalue weighted by Crippen LogP contribution is -2.10. The lowest BCUT2D eigenvalue weighted by Gasteiger charge is -2.08. The van der Waals surface area contributed by atoms with Crippen LogP contribution in [0.5, 0.6) is 0 Å². The quantitative estimate of drug-likeness (QED) is 0.875. The first-order chi connectivity index (χ1) is 8.16. The SMILES string of the molecule is C[C@@H](O)c1cccc(NC(=O)c2cccs2)c1. The number of benzene rings is 1. The van der Waals surface area contributed by atoms with Crippen molar-refractivity contribution in [2.45, 2.75) is 13.0 Å². The molecule has 0 fully saturated rings. The van der Waals surface area contributed by atoms with Crippen LogP contribution in [0.2, 0.25) is 0 Å². The summed E-state index contributed by atoms with van der Waals surface area (Å²) in [6.45, 7) is 1.69. The standard InChI is InChI=1S/C13H13NO2S/c1-9(15)10-4-2-5-11(8-10)14-13(16)12-6-3-7-17-12/h2-9,15H,1H3,(H,14,16)/t9-/m1/s1. The van der Waals surface area contributed by atoms with Crippen LogP contribution in [0.15, 0.2) is 41.8 Å². The van der Waals surface area contributed by atoms with Gasteiger partial charge in [-0.2, -0.15) is 0 Å². The van der Waals surface area contributed by atoms with Gasteiger partial charge in [0.1, 0.15) is 0 Å². The van der Waals surface area contributed by atoms with Crippen molar-refractivity contribution in [1.82, 2.24) is 0 Å². The van der Waals surface area contributed by atoms with Crippen LogP contribution in [0.25, 0.3) is 0 Å². The minimum atomic E-state index is -0.534. The molecule has 1 aromatic heterocycles. The van der Waals surface area contributed by atoms with Gasteiger partial charge < -0.3 is 10.4 Å². The van der Waals surface area contributed by atoms with Gasteiger partial charge in [-0.15, -0.1) is 11.3 Å². The Bertz CT molecular complexity index is 506. The Morgan fingerprint density at radius 3 is 2.82 bits per heavy atom. The third kappa shape index (κ3) is 2.93. The Kier molecular flexibility index (Phi) is 3.56. The fourth-order valence-corrected chi connectivity index (χ4v) is 2.10. The molecule has 0 aliphatic heterocycles. The van der Waals surface area contributed by atoms with Crippen LogP contribution in [-0.2, 0) is 0 Å². The number of anilines is 1. The van der Waals surface area contributed by atoms with E-state index < -0.39 is 6.10 Å². The second-order valence-corrected chi connectivity index (χ2v) is 4.68. The maximum absolute atomic E-state index is 11.8. The first-order valence-electron chi connectivity index (χ1n) is 5.29. The number of rotatable bonds is 3. The summed E-state index contributed by atoms with van der Waals surface area (Å²) < 4.78 is 0. The van der Waals surface area contributed by atoms with E-state index in [2.05, 4.69) is 5.32 Å². The van der Waals surface area contributed by atoms with Crippen molar-refractivity contribution in [3.8, 4) is 0 Å². The van der Waals surface area contributed by atoms with E-state index in [1.54, 1.807) is 25.1 Å². The van der Waals surface area contributed by atoms with Crippen LogP contribution >= 0.6 is 11.3 Å². The lowest BCUT2D eigenvalue weighted by atomic mass is 10.1. The summed E-state index contributed by atoms with van der Waals surface area (Å²) in [6, 6.07) is 10.8. The predicted molar refractivity (Wildman–Crippen MR) is 69.3 cm³/mol. The van der Waals surface area contributed by atoms with Crippen molar-refractivity contribution < 1.29 is 9.90 Å². The van der Waals surface area contributed by atoms with Gasteiger partial charge in [-0.25, -0.2) is 0 Å². The highest BCUT2D eigenvalue weighted by Crippen LogP contribution is 2.18. The fraction of sp³-hybridized carbons (Fsp3) is 0.154. The number of amides is 1. The van der Waals surface area contributed by atoms with Gasteiger partial charge in [0.2, 0.25) is 0 Å². The van der Waals surface area contributed by atoms with Crippen LogP contribution in [0.3, 0.4) is 0 Å². The van der Waals surface area contributed by atoms with Crippen molar-refractivity contribution in [3.63, 3.8) is 0 Å². The molecule has 1 atom stereocenters. The first-order valence-corrected chi connectivity index (χ1v) is 6.17. The molecule has 0 spiro atoms. The Labute approximate surface area is 104 Å². The Morgan fingerprint density at radius 2 is 2.18 bits per heavy atom. The topological polar surface area (TPSA) is 49.3 Å². The van der Waals surface area contributed by atoms with E-state index in [4.69, 9.17) is 0 Å². The molecule has 0 saturated heterocycles. The number of thiophene rings is 1. The minimum absolute atomic E-state index is 0.122. The smallest absolute Gasteiger partial charge is 0.265 e. The molecule has 1 amide bonds. The van der Waals surface area contributed by atoms with Gasteiger partial charge in [0.15, 0.2) is 0 Å². The molecule has 1 aromatic carbocycles. The number of aliphatic hydroxyl groups is 1. The Hall–Kier alpha value is -1.65. The Morgan fingerprint density at radius 1 is 1.35 bits per heavy atom. The number of hydrogen-bond donors (Lipinski definition) is 2. The van der Waals surface area contributed by atoms with Crippen LogP contribution < -0.4 is 5.32 Å². The van der Waals surface area contributed by atoms with Gasteiger partial charge in [0.05, 0.1) is 11.0 Å². The van der Waals surface area contributed by atoms with E-state index >= 15 is 0 Å². The first kappa shape index (κ1) is 11.8. The summed E-state index contributed by atoms with van der Waals surface area (Å²) in [6.07, 6.45) is -0.534. The molecule has 2 rings (SSSR count). The summed E-state index contributed by atoms with van der Waals surface area (Å²) in [5.74, 6) is -0.122. The van der Waals surface area contributed by atoms with Gasteiger partial charge in [-0.3, -0.25) is 4.79 Å². The molecule has 0 bridgehead atoms. The highest BCUT2D eigenvalue weighted by molar-refractivity contribution is 7.12. The van der Waals surface area contributed by atoms with Gasteiger partial charge in [-0.05, 0) is 36.1 Å². The molecule has 17 heavy (non-hydrogen) atoms. The van der Waals surface area contributed by atoms with Crippen molar-refractivity contribution in [2.75, 3.05) is 5.32 Å². The third-order valence-electron chi connectivity index (χ3n) is 2.37. The molecular weight excluding hydrogens is 234 g/mol. The van der Waals surface area contributed by atoms with E-state index in [1.165, 1.54) is 11.3 Å². The molecule has 0 radical (unpaired) electrons. The van der Waals surface area contributed by atoms with Crippen LogP contribution in [-0.4, -0.2) is 11.0 Å². The molecule has 4 heteroatoms. The van der Waals surface area contributed by atoms with Gasteiger partial charge in [-0.1, -0.05) is 18.2 Å². The van der Waals surface area contributed by atoms with Crippen LogP contribution in [0.4, 0.5) is 5.69 Å². The van der Waals surface area contributed by atoms with E-state index in [9.17, 15) is 9.90 Å². The van der Waals surface area contributed by atoms with Crippen molar-refractivity contribution >= 4 is 22.9 Å². The summed E-state index contributed by atoms with van der Waals surface area (Å²) >= 11 is 1.40. The molecule has 2 aromatic rings. The molecular formula is C13H13NO2S. The monoisotopic (exact) mass is 247 g/mol. The number of aliphatic hydroxyl groups excluding tert-OH is 1. The zero-order valence-electron chi connectivity index (χ0n) is 9.38. The molecule has 3 nitrogen and oxygen atoms in total. The third-order valence-corrected chi connectivity index (χ3v) is 3.24. The lowest BCUT2D eigenvalue weighted by molar-refractivity contribution is 0.103. The maximum atomic E-state index is 11.8. The predicted octanol–water partition coefficient (Wildman–Crippen LogP) is 3.05. The average molecular weight is 247 g/mol. The second-order valence-electron chi connectivity index (χ2n) is 3.73. The largest absolute Gasteiger partial charge is 0.389 e. The number of carbonyl (C=O) groups is 1. The van der Waals surface area contributed by atoms with Gasteiger partial charge >= 0.3 is 0 Å². The molecule has 1 heterocycles. The Balaban J connectivity index is 2.14. The summed E-state index contributed by atoms with van der Waals surface area (Å²) in [4.78, 5) is 12.5. The van der Waals surface area contributed by atoms with E-state index in [-0.39, 0.29) is 5.91 Å². The summed E-state index contributed by atoms with van der Waals surface area (Å²) in [7, 11) is 0. The summed E-state index contributed by atoms with van der Waals surface area (Å²) in [5.41, 5.74) is 1.48. The molecule has 0 saturated carbocycles. The molecule has 2 N–H and O–H groups in total. The number of carbonyl (C=O) groups excluding carboxylic acids is 1. The number of hydrogen-bond acceptors (Lipinski definition) is 3. The van der Waals surface area contributed by atoms with Crippen molar-refractivity contribution in [1.29, 1.82) is 0 Å². The van der Waals surface area contributed by atoms with E-state index in [0.717, 1.165) is 5.56 Å². The number of nitrogens with one attached hydrogen (secondary N) is 1. The minimum Gasteiger partial charge on any atom is -0.389 e. The fourth-order valence-electron chi connectivity index (χ4n) is 1.48. The van der Waals surface area contributed by atoms with Gasteiger partial charge in [0.25, 0.3) is 5.91 Å². The molecule has 0 aliphatic rings. The normalized spacial score (nSPS) is 12.1.